The fraction of sp³-hybridized carbons (Fsp3) is 0.286. The molecule has 1 unspecified atom stereocenters. The second-order valence-electron chi connectivity index (χ2n) is 7.76. The van der Waals surface area contributed by atoms with Crippen molar-refractivity contribution in [1.29, 1.82) is 0 Å². The molecule has 0 saturated heterocycles. The molecule has 3 heterocycles. The third kappa shape index (κ3) is 4.51. The lowest BCUT2D eigenvalue weighted by molar-refractivity contribution is 0.0386. The summed E-state index contributed by atoms with van der Waals surface area (Å²) in [6.45, 7) is -1.30. The molecule has 0 aliphatic heterocycles. The number of aliphatic hydroxyl groups excluding tert-OH is 1. The summed E-state index contributed by atoms with van der Waals surface area (Å²) in [6, 6.07) is 6.52. The zero-order chi connectivity index (χ0) is 25.3. The average molecular weight is 493 g/mol. The molecule has 0 radical (unpaired) electrons. The van der Waals surface area contributed by atoms with E-state index in [2.05, 4.69) is 25.7 Å². The molecule has 1 atom stereocenters. The van der Waals surface area contributed by atoms with Gasteiger partial charge in [-0.15, -0.1) is 10.2 Å². The number of alkyl halides is 2. The molecule has 2 N–H and O–H groups in total. The predicted octanol–water partition coefficient (Wildman–Crippen LogP) is 2.52. The van der Waals surface area contributed by atoms with Crippen LogP contribution in [0.3, 0.4) is 0 Å². The topological polar surface area (TPSA) is 119 Å². The number of benzene rings is 1. The van der Waals surface area contributed by atoms with E-state index in [1.165, 1.54) is 29.7 Å². The quantitative estimate of drug-likeness (QED) is 0.362. The molecular weight excluding hydrogens is 474 g/mol. The zero-order valence-electron chi connectivity index (χ0n) is 18.4. The summed E-state index contributed by atoms with van der Waals surface area (Å²) in [5.74, 6) is -2.42. The van der Waals surface area contributed by atoms with Gasteiger partial charge in [0.25, 0.3) is 5.91 Å². The van der Waals surface area contributed by atoms with Crippen molar-refractivity contribution in [2.45, 2.75) is 32.5 Å². The van der Waals surface area contributed by atoms with Gasteiger partial charge < -0.3 is 15.2 Å². The van der Waals surface area contributed by atoms with Crippen LogP contribution >= 0.6 is 0 Å². The smallest absolute Gasteiger partial charge is 0.350 e. The van der Waals surface area contributed by atoms with Crippen LogP contribution < -0.4 is 10.1 Å². The predicted molar refractivity (Wildman–Crippen MR) is 112 cm³/mol. The molecule has 0 bridgehead atoms. The maximum atomic E-state index is 13.9. The number of ether oxygens (including phenoxy) is 1. The number of aromatic nitrogens is 6. The molecule has 4 aromatic rings. The number of halogens is 4. The van der Waals surface area contributed by atoms with E-state index in [1.54, 1.807) is 13.0 Å². The normalized spacial score (nSPS) is 13.3. The summed E-state index contributed by atoms with van der Waals surface area (Å²) in [6.07, 6.45) is 1.52. The van der Waals surface area contributed by atoms with Gasteiger partial charge in [0.05, 0.1) is 17.9 Å². The minimum atomic E-state index is -3.05. The van der Waals surface area contributed by atoms with Crippen molar-refractivity contribution in [3.05, 3.63) is 70.9 Å². The third-order valence-corrected chi connectivity index (χ3v) is 5.24. The highest BCUT2D eigenvalue weighted by Crippen LogP contribution is 2.25. The van der Waals surface area contributed by atoms with Gasteiger partial charge >= 0.3 is 6.55 Å². The largest absolute Gasteiger partial charge is 0.485 e. The molecule has 35 heavy (non-hydrogen) atoms. The molecule has 3 aromatic heterocycles. The fourth-order valence-corrected chi connectivity index (χ4v) is 3.37. The first kappa shape index (κ1) is 24.1. The average Bonchev–Trinajstić information content (AvgIpc) is 3.44. The van der Waals surface area contributed by atoms with E-state index in [4.69, 9.17) is 4.74 Å². The lowest BCUT2D eigenvalue weighted by Crippen LogP contribution is -2.47. The van der Waals surface area contributed by atoms with Crippen LogP contribution in [0.1, 0.15) is 41.0 Å². The van der Waals surface area contributed by atoms with E-state index in [9.17, 15) is 27.5 Å². The molecule has 10 nitrogen and oxygen atoms in total. The number of nitrogens with one attached hydrogen (secondary N) is 1. The monoisotopic (exact) mass is 493 g/mol. The number of amides is 1. The van der Waals surface area contributed by atoms with Gasteiger partial charge in [0.1, 0.15) is 29.5 Å². The molecule has 14 heteroatoms. The summed E-state index contributed by atoms with van der Waals surface area (Å²) < 4.78 is 60.5. The summed E-state index contributed by atoms with van der Waals surface area (Å²) in [5, 5.41) is 22.6. The molecule has 184 valence electrons. The molecule has 0 aliphatic rings. The summed E-state index contributed by atoms with van der Waals surface area (Å²) in [7, 11) is 0. The van der Waals surface area contributed by atoms with Crippen LogP contribution in [0.15, 0.2) is 36.5 Å². The number of pyridine rings is 1. The fourth-order valence-electron chi connectivity index (χ4n) is 3.37. The van der Waals surface area contributed by atoms with Gasteiger partial charge in [-0.25, -0.2) is 13.8 Å². The maximum absolute atomic E-state index is 13.9. The van der Waals surface area contributed by atoms with Crippen LogP contribution in [0.25, 0.3) is 5.65 Å². The van der Waals surface area contributed by atoms with Crippen molar-refractivity contribution >= 4 is 11.6 Å². The number of nitrogens with zero attached hydrogens (tertiary/aromatic N) is 6. The van der Waals surface area contributed by atoms with Crippen molar-refractivity contribution in [3.8, 4) is 5.75 Å². The standard InChI is InChI=1S/C21H19F4N7O3/c1-11-16(18(34)27-21(2,10-33)19-28-30-32(29-19)20(24)25)31-8-4-7-15(17(31)26-11)35-9-12-13(22)5-3-6-14(12)23/h3-8,20,33H,9-10H2,1-2H3,(H,27,34). The van der Waals surface area contributed by atoms with Crippen molar-refractivity contribution in [2.75, 3.05) is 6.61 Å². The van der Waals surface area contributed by atoms with E-state index >= 15 is 0 Å². The summed E-state index contributed by atoms with van der Waals surface area (Å²) in [5.41, 5.74) is -1.40. The number of fused-ring (bicyclic) bond motifs is 1. The van der Waals surface area contributed by atoms with Gasteiger partial charge in [0.2, 0.25) is 5.82 Å². The molecule has 0 aliphatic carbocycles. The Morgan fingerprint density at radius 1 is 1.23 bits per heavy atom. The second kappa shape index (κ2) is 9.29. The van der Waals surface area contributed by atoms with Gasteiger partial charge in [0.15, 0.2) is 11.4 Å². The maximum Gasteiger partial charge on any atom is 0.350 e. The number of tetrazole rings is 1. The van der Waals surface area contributed by atoms with Crippen molar-refractivity contribution < 1.29 is 32.2 Å². The minimum absolute atomic E-state index is 0.0449. The number of imidazole rings is 1. The molecule has 0 saturated carbocycles. The number of rotatable bonds is 8. The first-order valence-corrected chi connectivity index (χ1v) is 10.2. The number of hydrogen-bond acceptors (Lipinski definition) is 7. The molecule has 1 amide bonds. The minimum Gasteiger partial charge on any atom is -0.485 e. The van der Waals surface area contributed by atoms with Gasteiger partial charge in [0, 0.05) is 6.20 Å². The molecular formula is C21H19F4N7O3. The van der Waals surface area contributed by atoms with Crippen LogP contribution in [-0.2, 0) is 12.1 Å². The molecule has 0 fully saturated rings. The first-order chi connectivity index (χ1) is 16.6. The van der Waals surface area contributed by atoms with E-state index in [-0.39, 0.29) is 39.0 Å². The van der Waals surface area contributed by atoms with Crippen molar-refractivity contribution in [3.63, 3.8) is 0 Å². The highest BCUT2D eigenvalue weighted by molar-refractivity contribution is 5.95. The van der Waals surface area contributed by atoms with E-state index < -0.39 is 42.8 Å². The Hall–Kier alpha value is -4.07. The molecule has 0 spiro atoms. The Balaban J connectivity index is 1.63. The van der Waals surface area contributed by atoms with Crippen molar-refractivity contribution in [2.24, 2.45) is 0 Å². The van der Waals surface area contributed by atoms with E-state index in [0.29, 0.717) is 0 Å². The van der Waals surface area contributed by atoms with Gasteiger partial charge in [-0.3, -0.25) is 9.20 Å². The van der Waals surface area contributed by atoms with Crippen LogP contribution in [0.4, 0.5) is 17.6 Å². The lowest BCUT2D eigenvalue weighted by Gasteiger charge is -2.25. The van der Waals surface area contributed by atoms with Crippen LogP contribution in [-0.4, -0.2) is 47.2 Å². The van der Waals surface area contributed by atoms with E-state index in [1.807, 2.05) is 0 Å². The van der Waals surface area contributed by atoms with Crippen LogP contribution in [0.2, 0.25) is 0 Å². The number of carbonyl (C=O) groups is 1. The third-order valence-electron chi connectivity index (χ3n) is 5.24. The van der Waals surface area contributed by atoms with Crippen LogP contribution in [0.5, 0.6) is 5.75 Å². The van der Waals surface area contributed by atoms with Gasteiger partial charge in [-0.1, -0.05) is 10.9 Å². The lowest BCUT2D eigenvalue weighted by atomic mass is 10.0. The van der Waals surface area contributed by atoms with E-state index in [0.717, 1.165) is 12.1 Å². The van der Waals surface area contributed by atoms with Gasteiger partial charge in [-0.05, 0) is 43.3 Å². The Morgan fingerprint density at radius 2 is 1.94 bits per heavy atom. The molecule has 1 aromatic carbocycles. The number of aryl methyl sites for hydroxylation is 1. The first-order valence-electron chi connectivity index (χ1n) is 10.2. The number of carbonyl (C=O) groups excluding carboxylic acids is 1. The molecule has 4 rings (SSSR count). The summed E-state index contributed by atoms with van der Waals surface area (Å²) in [4.78, 5) is 17.5. The highest BCUT2D eigenvalue weighted by atomic mass is 19.3. The number of hydrogen-bond donors (Lipinski definition) is 2. The van der Waals surface area contributed by atoms with Crippen molar-refractivity contribution in [1.82, 2.24) is 34.9 Å². The number of aliphatic hydroxyl groups is 1. The summed E-state index contributed by atoms with van der Waals surface area (Å²) >= 11 is 0. The Kier molecular flexibility index (Phi) is 6.39. The Bertz CT molecular complexity index is 1370. The Morgan fingerprint density at radius 3 is 2.57 bits per heavy atom. The Labute approximate surface area is 195 Å². The second-order valence-corrected chi connectivity index (χ2v) is 7.76. The SMILES string of the molecule is Cc1nc2c(OCc3c(F)cccc3F)cccn2c1C(=O)NC(C)(CO)c1nnn(C(F)F)n1. The zero-order valence-corrected chi connectivity index (χ0v) is 18.4. The van der Waals surface area contributed by atoms with Gasteiger partial charge in [-0.2, -0.15) is 8.78 Å². The van der Waals surface area contributed by atoms with Crippen LogP contribution in [0, 0.1) is 18.6 Å². The highest BCUT2D eigenvalue weighted by Gasteiger charge is 2.35.